The third kappa shape index (κ3) is 5.10. The molecular formula is C17H16BrNO4. The highest BCUT2D eigenvalue weighted by Crippen LogP contribution is 2.19. The van der Waals surface area contributed by atoms with Gasteiger partial charge >= 0.3 is 5.97 Å². The molecule has 0 spiro atoms. The number of likely N-dealkylation sites (N-methyl/N-ethyl adjacent to an activating group) is 1. The number of amides is 1. The highest BCUT2D eigenvalue weighted by atomic mass is 79.9. The van der Waals surface area contributed by atoms with E-state index >= 15 is 0 Å². The first kappa shape index (κ1) is 17.0. The maximum atomic E-state index is 12.1. The van der Waals surface area contributed by atoms with E-state index in [1.807, 2.05) is 0 Å². The third-order valence-corrected chi connectivity index (χ3v) is 3.48. The smallest absolute Gasteiger partial charge is 0.343 e. The van der Waals surface area contributed by atoms with E-state index in [0.717, 1.165) is 4.47 Å². The number of ether oxygens (including phenoxy) is 2. The second kappa shape index (κ2) is 7.78. The summed E-state index contributed by atoms with van der Waals surface area (Å²) < 4.78 is 11.6. The van der Waals surface area contributed by atoms with Crippen LogP contribution in [0.3, 0.4) is 0 Å². The number of esters is 1. The van der Waals surface area contributed by atoms with Crippen LogP contribution in [0.25, 0.3) is 0 Å². The molecule has 0 heterocycles. The van der Waals surface area contributed by atoms with Crippen molar-refractivity contribution in [1.29, 1.82) is 0 Å². The highest BCUT2D eigenvalue weighted by molar-refractivity contribution is 9.10. The molecule has 0 aromatic heterocycles. The Labute approximate surface area is 142 Å². The minimum absolute atomic E-state index is 0.0851. The maximum absolute atomic E-state index is 12.1. The lowest BCUT2D eigenvalue weighted by molar-refractivity contribution is -0.130. The van der Waals surface area contributed by atoms with Crippen LogP contribution in [0, 0.1) is 0 Å². The Kier molecular flexibility index (Phi) is 5.76. The lowest BCUT2D eigenvalue weighted by atomic mass is 10.2. The highest BCUT2D eigenvalue weighted by Gasteiger charge is 2.11. The summed E-state index contributed by atoms with van der Waals surface area (Å²) in [5, 5.41) is 0. The molecule has 120 valence electrons. The molecule has 0 N–H and O–H groups in total. The number of carbonyl (C=O) groups excluding carboxylic acids is 2. The van der Waals surface area contributed by atoms with Gasteiger partial charge in [-0.15, -0.1) is 0 Å². The van der Waals surface area contributed by atoms with E-state index in [1.54, 1.807) is 62.6 Å². The average molecular weight is 378 g/mol. The van der Waals surface area contributed by atoms with Crippen LogP contribution in [-0.4, -0.2) is 37.5 Å². The molecule has 0 aliphatic carbocycles. The zero-order chi connectivity index (χ0) is 16.8. The Hall–Kier alpha value is -2.34. The van der Waals surface area contributed by atoms with Gasteiger partial charge in [0.1, 0.15) is 11.5 Å². The normalized spacial score (nSPS) is 10.0. The lowest BCUT2D eigenvalue weighted by Crippen LogP contribution is -2.27. The summed E-state index contributed by atoms with van der Waals surface area (Å²) in [7, 11) is 3.30. The molecule has 6 heteroatoms. The molecule has 5 nitrogen and oxygen atoms in total. The largest absolute Gasteiger partial charge is 0.484 e. The minimum Gasteiger partial charge on any atom is -0.484 e. The van der Waals surface area contributed by atoms with Crippen molar-refractivity contribution in [2.24, 2.45) is 0 Å². The first-order valence-corrected chi connectivity index (χ1v) is 7.66. The Bertz CT molecular complexity index is 698. The van der Waals surface area contributed by atoms with E-state index in [2.05, 4.69) is 15.9 Å². The topological polar surface area (TPSA) is 55.8 Å². The Balaban J connectivity index is 2.02. The van der Waals surface area contributed by atoms with E-state index in [-0.39, 0.29) is 12.5 Å². The number of benzene rings is 2. The molecule has 0 fully saturated rings. The zero-order valence-corrected chi connectivity index (χ0v) is 14.4. The van der Waals surface area contributed by atoms with Crippen LogP contribution in [0.15, 0.2) is 53.0 Å². The van der Waals surface area contributed by atoms with Gasteiger partial charge in [-0.25, -0.2) is 4.79 Å². The van der Waals surface area contributed by atoms with Crippen LogP contribution in [0.2, 0.25) is 0 Å². The van der Waals surface area contributed by atoms with E-state index in [1.165, 1.54) is 4.90 Å². The van der Waals surface area contributed by atoms with Crippen molar-refractivity contribution in [3.63, 3.8) is 0 Å². The van der Waals surface area contributed by atoms with Gasteiger partial charge in [0, 0.05) is 18.6 Å². The fourth-order valence-electron chi connectivity index (χ4n) is 1.66. The van der Waals surface area contributed by atoms with Crippen LogP contribution in [0.1, 0.15) is 10.4 Å². The summed E-state index contributed by atoms with van der Waals surface area (Å²) >= 11 is 3.32. The number of nitrogens with zero attached hydrogens (tertiary/aromatic N) is 1. The van der Waals surface area contributed by atoms with Gasteiger partial charge in [-0.3, -0.25) is 4.79 Å². The van der Waals surface area contributed by atoms with Crippen LogP contribution >= 0.6 is 15.9 Å². The van der Waals surface area contributed by atoms with Crippen molar-refractivity contribution in [2.45, 2.75) is 0 Å². The number of hydrogen-bond acceptors (Lipinski definition) is 4. The molecule has 2 aromatic rings. The summed E-state index contributed by atoms with van der Waals surface area (Å²) in [5.74, 6) is 0.238. The van der Waals surface area contributed by atoms with Crippen molar-refractivity contribution in [2.75, 3.05) is 20.7 Å². The molecule has 0 radical (unpaired) electrons. The van der Waals surface area contributed by atoms with Crippen LogP contribution in [-0.2, 0) is 4.79 Å². The van der Waals surface area contributed by atoms with E-state index in [4.69, 9.17) is 9.47 Å². The molecule has 23 heavy (non-hydrogen) atoms. The Morgan fingerprint density at radius 3 is 2.39 bits per heavy atom. The predicted molar refractivity (Wildman–Crippen MR) is 89.7 cm³/mol. The molecule has 0 atom stereocenters. The SMILES string of the molecule is CN(C)C(=O)COc1cccc(C(=O)Oc2ccc(Br)cc2)c1. The maximum Gasteiger partial charge on any atom is 0.343 e. The average Bonchev–Trinajstić information content (AvgIpc) is 2.54. The second-order valence-corrected chi connectivity index (χ2v) is 5.86. The Morgan fingerprint density at radius 1 is 1.04 bits per heavy atom. The van der Waals surface area contributed by atoms with Gasteiger partial charge in [-0.2, -0.15) is 0 Å². The van der Waals surface area contributed by atoms with E-state index in [9.17, 15) is 9.59 Å². The molecule has 0 unspecified atom stereocenters. The van der Waals surface area contributed by atoms with Gasteiger partial charge in [0.15, 0.2) is 6.61 Å². The molecule has 2 rings (SSSR count). The fraction of sp³-hybridized carbons (Fsp3) is 0.176. The van der Waals surface area contributed by atoms with Crippen molar-refractivity contribution in [1.82, 2.24) is 4.90 Å². The number of rotatable bonds is 5. The quantitative estimate of drug-likeness (QED) is 0.593. The van der Waals surface area contributed by atoms with Crippen molar-refractivity contribution >= 4 is 27.8 Å². The Morgan fingerprint density at radius 2 is 1.74 bits per heavy atom. The molecule has 0 saturated carbocycles. The van der Waals surface area contributed by atoms with Crippen LogP contribution < -0.4 is 9.47 Å². The van der Waals surface area contributed by atoms with Gasteiger partial charge in [-0.1, -0.05) is 22.0 Å². The first-order valence-electron chi connectivity index (χ1n) is 6.86. The summed E-state index contributed by atoms with van der Waals surface area (Å²) in [6.07, 6.45) is 0. The van der Waals surface area contributed by atoms with Gasteiger partial charge in [-0.05, 0) is 42.5 Å². The standard InChI is InChI=1S/C17H16BrNO4/c1-19(2)16(20)11-22-15-5-3-4-12(10-15)17(21)23-14-8-6-13(18)7-9-14/h3-10H,11H2,1-2H3. The fourth-order valence-corrected chi connectivity index (χ4v) is 1.92. The van der Waals surface area contributed by atoms with Crippen molar-refractivity contribution in [3.8, 4) is 11.5 Å². The molecule has 2 aromatic carbocycles. The first-order chi connectivity index (χ1) is 11.0. The third-order valence-electron chi connectivity index (χ3n) is 2.96. The monoisotopic (exact) mass is 377 g/mol. The molecular weight excluding hydrogens is 362 g/mol. The summed E-state index contributed by atoms with van der Waals surface area (Å²) in [6, 6.07) is 13.5. The van der Waals surface area contributed by atoms with Gasteiger partial charge < -0.3 is 14.4 Å². The van der Waals surface area contributed by atoms with Crippen LogP contribution in [0.5, 0.6) is 11.5 Å². The number of hydrogen-bond donors (Lipinski definition) is 0. The van der Waals surface area contributed by atoms with E-state index < -0.39 is 5.97 Å². The predicted octanol–water partition coefficient (Wildman–Crippen LogP) is 3.14. The van der Waals surface area contributed by atoms with Crippen LogP contribution in [0.4, 0.5) is 0 Å². The molecule has 0 saturated heterocycles. The van der Waals surface area contributed by atoms with Crippen molar-refractivity contribution < 1.29 is 19.1 Å². The molecule has 1 amide bonds. The summed E-state index contributed by atoms with van der Waals surface area (Å²) in [6.45, 7) is -0.0851. The van der Waals surface area contributed by atoms with Gasteiger partial charge in [0.2, 0.25) is 0 Å². The molecule has 0 aliphatic rings. The molecule has 0 bridgehead atoms. The summed E-state index contributed by atoms with van der Waals surface area (Å²) in [4.78, 5) is 25.1. The van der Waals surface area contributed by atoms with Gasteiger partial charge in [0.05, 0.1) is 5.56 Å². The van der Waals surface area contributed by atoms with E-state index in [0.29, 0.717) is 17.1 Å². The minimum atomic E-state index is -0.489. The molecule has 0 aliphatic heterocycles. The summed E-state index contributed by atoms with van der Waals surface area (Å²) in [5.41, 5.74) is 0.350. The van der Waals surface area contributed by atoms with Crippen molar-refractivity contribution in [3.05, 3.63) is 58.6 Å². The zero-order valence-electron chi connectivity index (χ0n) is 12.8. The second-order valence-electron chi connectivity index (χ2n) is 4.95. The number of halogens is 1. The van der Waals surface area contributed by atoms with Gasteiger partial charge in [0.25, 0.3) is 5.91 Å². The lowest BCUT2D eigenvalue weighted by Gasteiger charge is -2.11. The number of carbonyl (C=O) groups is 2.